The first kappa shape index (κ1) is 19.5. The Hall–Kier alpha value is -2.31. The van der Waals surface area contributed by atoms with Crippen LogP contribution >= 0.6 is 11.6 Å². The zero-order valence-corrected chi connectivity index (χ0v) is 16.6. The van der Waals surface area contributed by atoms with E-state index >= 15 is 0 Å². The maximum Gasteiger partial charge on any atom is 0.137 e. The van der Waals surface area contributed by atoms with Crippen LogP contribution < -0.4 is 15.8 Å². The standard InChI is InChI=1S/C20H25ClN4O2/c1-4-7-20(22)10-14-16(9-18(20)27-3)24-12-25-19(14)23-11-13-5-6-17(26-2)15(21)8-13/h5-6,8-9,12H,4,7,10-11,22H2,1-3H3,(H,23,24,25). The number of hydrogen-bond acceptors (Lipinski definition) is 6. The Morgan fingerprint density at radius 2 is 2.07 bits per heavy atom. The molecule has 27 heavy (non-hydrogen) atoms. The zero-order valence-electron chi connectivity index (χ0n) is 15.9. The number of fused-ring (bicyclic) bond motifs is 1. The minimum atomic E-state index is -0.541. The van der Waals surface area contributed by atoms with Gasteiger partial charge in [-0.1, -0.05) is 31.0 Å². The molecule has 0 fully saturated rings. The predicted octanol–water partition coefficient (Wildman–Crippen LogP) is 3.79. The van der Waals surface area contributed by atoms with E-state index in [2.05, 4.69) is 22.2 Å². The predicted molar refractivity (Wildman–Crippen MR) is 108 cm³/mol. The Labute approximate surface area is 164 Å². The summed E-state index contributed by atoms with van der Waals surface area (Å²) in [6, 6.07) is 5.71. The second kappa shape index (κ2) is 8.15. The van der Waals surface area contributed by atoms with Gasteiger partial charge >= 0.3 is 0 Å². The van der Waals surface area contributed by atoms with Crippen LogP contribution in [0.25, 0.3) is 6.08 Å². The summed E-state index contributed by atoms with van der Waals surface area (Å²) in [5, 5.41) is 3.97. The molecule has 0 aliphatic heterocycles. The van der Waals surface area contributed by atoms with Crippen molar-refractivity contribution in [1.29, 1.82) is 0 Å². The molecular weight excluding hydrogens is 364 g/mol. The number of anilines is 1. The van der Waals surface area contributed by atoms with Crippen LogP contribution in [0.2, 0.25) is 5.02 Å². The monoisotopic (exact) mass is 388 g/mol. The number of benzene rings is 1. The zero-order chi connectivity index (χ0) is 19.4. The van der Waals surface area contributed by atoms with E-state index in [0.717, 1.165) is 41.2 Å². The summed E-state index contributed by atoms with van der Waals surface area (Å²) in [5.74, 6) is 2.21. The minimum Gasteiger partial charge on any atom is -0.499 e. The highest BCUT2D eigenvalue weighted by atomic mass is 35.5. The van der Waals surface area contributed by atoms with Gasteiger partial charge in [0.15, 0.2) is 0 Å². The summed E-state index contributed by atoms with van der Waals surface area (Å²) in [6.07, 6.45) is 5.89. The minimum absolute atomic E-state index is 0.541. The molecule has 2 aromatic rings. The molecule has 0 amide bonds. The lowest BCUT2D eigenvalue weighted by Crippen LogP contribution is -2.46. The van der Waals surface area contributed by atoms with Crippen LogP contribution in [0.15, 0.2) is 30.3 Å². The van der Waals surface area contributed by atoms with Crippen LogP contribution in [0.3, 0.4) is 0 Å². The number of methoxy groups -OCH3 is 2. The van der Waals surface area contributed by atoms with Gasteiger partial charge in [0, 0.05) is 24.6 Å². The molecule has 0 bridgehead atoms. The summed E-state index contributed by atoms with van der Waals surface area (Å²) in [4.78, 5) is 8.83. The maximum atomic E-state index is 6.66. The van der Waals surface area contributed by atoms with E-state index in [-0.39, 0.29) is 0 Å². The van der Waals surface area contributed by atoms with Crippen molar-refractivity contribution in [2.75, 3.05) is 19.5 Å². The molecule has 0 saturated carbocycles. The Balaban J connectivity index is 1.85. The molecule has 1 aliphatic rings. The Morgan fingerprint density at radius 3 is 2.74 bits per heavy atom. The Morgan fingerprint density at radius 1 is 1.26 bits per heavy atom. The molecule has 1 unspecified atom stereocenters. The van der Waals surface area contributed by atoms with Crippen molar-refractivity contribution in [3.63, 3.8) is 0 Å². The van der Waals surface area contributed by atoms with Gasteiger partial charge in [0.05, 0.1) is 30.5 Å². The molecule has 1 atom stereocenters. The molecule has 1 aromatic heterocycles. The summed E-state index contributed by atoms with van der Waals surface area (Å²) < 4.78 is 10.7. The summed E-state index contributed by atoms with van der Waals surface area (Å²) in [6.45, 7) is 2.70. The van der Waals surface area contributed by atoms with E-state index in [1.54, 1.807) is 20.5 Å². The molecule has 3 N–H and O–H groups in total. The van der Waals surface area contributed by atoms with Gasteiger partial charge < -0.3 is 20.5 Å². The number of hydrogen-bond donors (Lipinski definition) is 2. The molecule has 1 aliphatic carbocycles. The molecule has 0 spiro atoms. The van der Waals surface area contributed by atoms with E-state index in [1.165, 1.54) is 0 Å². The SMILES string of the molecule is CCCC1(N)Cc2c(ncnc2NCc2ccc(OC)c(Cl)c2)C=C1OC. The van der Waals surface area contributed by atoms with E-state index in [9.17, 15) is 0 Å². The van der Waals surface area contributed by atoms with Crippen molar-refractivity contribution in [1.82, 2.24) is 9.97 Å². The van der Waals surface area contributed by atoms with Crippen LogP contribution in [0, 0.1) is 0 Å². The molecule has 7 heteroatoms. The lowest BCUT2D eigenvalue weighted by atomic mass is 9.81. The van der Waals surface area contributed by atoms with Gasteiger partial charge in [-0.2, -0.15) is 0 Å². The fourth-order valence-corrected chi connectivity index (χ4v) is 3.75. The largest absolute Gasteiger partial charge is 0.499 e. The van der Waals surface area contributed by atoms with Crippen molar-refractivity contribution in [3.8, 4) is 5.75 Å². The lowest BCUT2D eigenvalue weighted by Gasteiger charge is -2.35. The van der Waals surface area contributed by atoms with Crippen LogP contribution in [0.4, 0.5) is 5.82 Å². The number of ether oxygens (including phenoxy) is 2. The van der Waals surface area contributed by atoms with E-state index in [1.807, 2.05) is 24.3 Å². The third-order valence-electron chi connectivity index (χ3n) is 4.82. The number of nitrogens with zero attached hydrogens (tertiary/aromatic N) is 2. The second-order valence-electron chi connectivity index (χ2n) is 6.70. The summed E-state index contributed by atoms with van der Waals surface area (Å²) >= 11 is 6.21. The smallest absolute Gasteiger partial charge is 0.137 e. The lowest BCUT2D eigenvalue weighted by molar-refractivity contribution is 0.212. The normalized spacial score (nSPS) is 18.5. The quantitative estimate of drug-likeness (QED) is 0.750. The Kier molecular flexibility index (Phi) is 5.87. The van der Waals surface area contributed by atoms with Crippen molar-refractivity contribution in [3.05, 3.63) is 52.1 Å². The number of nitrogens with one attached hydrogen (secondary N) is 1. The third kappa shape index (κ3) is 4.01. The van der Waals surface area contributed by atoms with Gasteiger partial charge in [-0.3, -0.25) is 0 Å². The van der Waals surface area contributed by atoms with Crippen molar-refractivity contribution >= 4 is 23.5 Å². The highest BCUT2D eigenvalue weighted by molar-refractivity contribution is 6.32. The number of halogens is 1. The highest BCUT2D eigenvalue weighted by Crippen LogP contribution is 2.35. The average molecular weight is 389 g/mol. The van der Waals surface area contributed by atoms with Crippen molar-refractivity contribution in [2.24, 2.45) is 5.73 Å². The molecule has 1 heterocycles. The van der Waals surface area contributed by atoms with E-state index in [4.69, 9.17) is 26.8 Å². The third-order valence-corrected chi connectivity index (χ3v) is 5.12. The summed E-state index contributed by atoms with van der Waals surface area (Å²) in [5.41, 5.74) is 9.00. The molecular formula is C20H25ClN4O2. The Bertz CT molecular complexity index is 856. The topological polar surface area (TPSA) is 82.3 Å². The summed E-state index contributed by atoms with van der Waals surface area (Å²) in [7, 11) is 3.26. The molecule has 0 saturated heterocycles. The molecule has 144 valence electrons. The molecule has 3 rings (SSSR count). The van der Waals surface area contributed by atoms with E-state index in [0.29, 0.717) is 23.7 Å². The molecule has 6 nitrogen and oxygen atoms in total. The van der Waals surface area contributed by atoms with Gasteiger partial charge in [0.2, 0.25) is 0 Å². The van der Waals surface area contributed by atoms with Crippen LogP contribution in [0.5, 0.6) is 5.75 Å². The van der Waals surface area contributed by atoms with Gasteiger partial charge in [0.1, 0.15) is 23.7 Å². The fourth-order valence-electron chi connectivity index (χ4n) is 3.47. The van der Waals surface area contributed by atoms with Crippen molar-refractivity contribution in [2.45, 2.75) is 38.3 Å². The van der Waals surface area contributed by atoms with Gasteiger partial charge in [-0.05, 0) is 24.1 Å². The number of aromatic nitrogens is 2. The average Bonchev–Trinajstić information content (AvgIpc) is 2.66. The van der Waals surface area contributed by atoms with Crippen LogP contribution in [0.1, 0.15) is 36.6 Å². The first-order chi connectivity index (χ1) is 13.0. The van der Waals surface area contributed by atoms with Crippen LogP contribution in [-0.2, 0) is 17.7 Å². The van der Waals surface area contributed by atoms with Gasteiger partial charge in [-0.15, -0.1) is 0 Å². The fraction of sp³-hybridized carbons (Fsp3) is 0.400. The van der Waals surface area contributed by atoms with Crippen molar-refractivity contribution < 1.29 is 9.47 Å². The molecule has 1 aromatic carbocycles. The number of nitrogens with two attached hydrogens (primary N) is 1. The maximum absolute atomic E-state index is 6.66. The van der Waals surface area contributed by atoms with Crippen LogP contribution in [-0.4, -0.2) is 29.7 Å². The van der Waals surface area contributed by atoms with E-state index < -0.39 is 5.54 Å². The first-order valence-electron chi connectivity index (χ1n) is 8.96. The van der Waals surface area contributed by atoms with Gasteiger partial charge in [-0.25, -0.2) is 9.97 Å². The molecule has 0 radical (unpaired) electrons. The second-order valence-corrected chi connectivity index (χ2v) is 7.11. The number of rotatable bonds is 7. The van der Waals surface area contributed by atoms with Gasteiger partial charge in [0.25, 0.3) is 0 Å². The highest BCUT2D eigenvalue weighted by Gasteiger charge is 2.36. The first-order valence-corrected chi connectivity index (χ1v) is 9.33.